The highest BCUT2D eigenvalue weighted by Gasteiger charge is 2.21. The van der Waals surface area contributed by atoms with E-state index in [4.69, 9.17) is 0 Å². The molecule has 1 aromatic rings. The lowest BCUT2D eigenvalue weighted by molar-refractivity contribution is 0.395. The highest BCUT2D eigenvalue weighted by atomic mass is 79.9. The van der Waals surface area contributed by atoms with Gasteiger partial charge >= 0.3 is 0 Å². The molecule has 2 rings (SSSR count). The van der Waals surface area contributed by atoms with E-state index in [1.54, 1.807) is 0 Å². The summed E-state index contributed by atoms with van der Waals surface area (Å²) < 4.78 is 13.9. The summed E-state index contributed by atoms with van der Waals surface area (Å²) in [5.74, 6) is -1.22. The average molecular weight is 290 g/mol. The number of aromatic hydroxyl groups is 2. The predicted octanol–water partition coefficient (Wildman–Crippen LogP) is 2.29. The van der Waals surface area contributed by atoms with Gasteiger partial charge in [-0.2, -0.15) is 0 Å². The zero-order valence-corrected chi connectivity index (χ0v) is 10.2. The Morgan fingerprint density at radius 2 is 2.25 bits per heavy atom. The van der Waals surface area contributed by atoms with E-state index >= 15 is 0 Å². The number of halogens is 2. The summed E-state index contributed by atoms with van der Waals surface area (Å²) in [5.41, 5.74) is 0.412. The molecule has 0 bridgehead atoms. The summed E-state index contributed by atoms with van der Waals surface area (Å²) >= 11 is 3.11. The zero-order valence-electron chi connectivity index (χ0n) is 8.63. The van der Waals surface area contributed by atoms with Gasteiger partial charge in [-0.3, -0.25) is 0 Å². The van der Waals surface area contributed by atoms with E-state index in [0.29, 0.717) is 12.0 Å². The molecule has 1 unspecified atom stereocenters. The van der Waals surface area contributed by atoms with Crippen LogP contribution < -0.4 is 5.32 Å². The Hall–Kier alpha value is -0.810. The van der Waals surface area contributed by atoms with Gasteiger partial charge in [-0.1, -0.05) is 0 Å². The number of hydrogen-bond acceptors (Lipinski definition) is 3. The lowest BCUT2D eigenvalue weighted by atomic mass is 10.0. The molecule has 1 aliphatic rings. The third-order valence-electron chi connectivity index (χ3n) is 2.88. The zero-order chi connectivity index (χ0) is 11.7. The molecular weight excluding hydrogens is 277 g/mol. The average Bonchev–Trinajstić information content (AvgIpc) is 2.74. The number of benzene rings is 1. The van der Waals surface area contributed by atoms with Crippen molar-refractivity contribution in [3.05, 3.63) is 21.9 Å². The Kier molecular flexibility index (Phi) is 3.35. The number of phenolic OH excluding ortho intramolecular Hbond substituents is 2. The van der Waals surface area contributed by atoms with Crippen molar-refractivity contribution < 1.29 is 14.6 Å². The first-order valence-corrected chi connectivity index (χ1v) is 6.01. The molecule has 1 fully saturated rings. The molecule has 88 valence electrons. The van der Waals surface area contributed by atoms with Gasteiger partial charge in [0.1, 0.15) is 5.82 Å². The van der Waals surface area contributed by atoms with Crippen LogP contribution in [0.25, 0.3) is 0 Å². The van der Waals surface area contributed by atoms with Gasteiger partial charge in [0.15, 0.2) is 11.5 Å². The smallest absolute Gasteiger partial charge is 0.172 e. The van der Waals surface area contributed by atoms with Crippen LogP contribution in [0.5, 0.6) is 11.5 Å². The summed E-state index contributed by atoms with van der Waals surface area (Å²) in [6.07, 6.45) is 2.61. The van der Waals surface area contributed by atoms with E-state index in [-0.39, 0.29) is 16.3 Å². The highest BCUT2D eigenvalue weighted by molar-refractivity contribution is 9.10. The maximum Gasteiger partial charge on any atom is 0.172 e. The fourth-order valence-electron chi connectivity index (χ4n) is 2.00. The largest absolute Gasteiger partial charge is 0.504 e. The molecule has 3 nitrogen and oxygen atoms in total. The van der Waals surface area contributed by atoms with Crippen molar-refractivity contribution in [2.24, 2.45) is 0 Å². The quantitative estimate of drug-likeness (QED) is 0.733. The molecule has 0 aliphatic carbocycles. The van der Waals surface area contributed by atoms with Crippen LogP contribution in [0.1, 0.15) is 18.4 Å². The summed E-state index contributed by atoms with van der Waals surface area (Å²) in [6.45, 7) is 0.952. The monoisotopic (exact) mass is 289 g/mol. The molecule has 1 aromatic carbocycles. The third kappa shape index (κ3) is 2.15. The highest BCUT2D eigenvalue weighted by Crippen LogP contribution is 2.38. The van der Waals surface area contributed by atoms with Crippen molar-refractivity contribution in [2.75, 3.05) is 6.54 Å². The van der Waals surface area contributed by atoms with Gasteiger partial charge in [0.2, 0.25) is 0 Å². The van der Waals surface area contributed by atoms with Crippen molar-refractivity contribution in [2.45, 2.75) is 25.3 Å². The third-order valence-corrected chi connectivity index (χ3v) is 3.73. The fourth-order valence-corrected chi connectivity index (χ4v) is 2.55. The van der Waals surface area contributed by atoms with Crippen LogP contribution in [0.15, 0.2) is 10.5 Å². The Morgan fingerprint density at radius 1 is 1.50 bits per heavy atom. The van der Waals surface area contributed by atoms with Crippen molar-refractivity contribution in [3.63, 3.8) is 0 Å². The van der Waals surface area contributed by atoms with E-state index in [0.717, 1.165) is 25.5 Å². The second-order valence-electron chi connectivity index (χ2n) is 4.02. The van der Waals surface area contributed by atoms with Gasteiger partial charge in [0, 0.05) is 17.7 Å². The van der Waals surface area contributed by atoms with Crippen LogP contribution >= 0.6 is 15.9 Å². The molecule has 16 heavy (non-hydrogen) atoms. The molecular formula is C11H13BrFNO2. The second kappa shape index (κ2) is 4.59. The van der Waals surface area contributed by atoms with Crippen LogP contribution in [0.4, 0.5) is 4.39 Å². The second-order valence-corrected chi connectivity index (χ2v) is 4.81. The first kappa shape index (κ1) is 11.7. The van der Waals surface area contributed by atoms with Crippen LogP contribution in [0.3, 0.4) is 0 Å². The minimum absolute atomic E-state index is 0.245. The molecule has 0 spiro atoms. The van der Waals surface area contributed by atoms with Crippen molar-refractivity contribution in [1.29, 1.82) is 0 Å². The normalized spacial score (nSPS) is 20.2. The SMILES string of the molecule is Oc1cc(F)c(CC2CCCN2)c(Br)c1O. The van der Waals surface area contributed by atoms with Crippen LogP contribution in [-0.2, 0) is 6.42 Å². The van der Waals surface area contributed by atoms with Crippen LogP contribution in [0.2, 0.25) is 0 Å². The van der Waals surface area contributed by atoms with E-state index in [1.165, 1.54) is 0 Å². The molecule has 1 heterocycles. The maximum atomic E-state index is 13.6. The molecule has 1 atom stereocenters. The van der Waals surface area contributed by atoms with Crippen molar-refractivity contribution in [3.8, 4) is 11.5 Å². The molecule has 0 amide bonds. The molecule has 0 aromatic heterocycles. The lowest BCUT2D eigenvalue weighted by Gasteiger charge is -2.14. The Balaban J connectivity index is 2.28. The Labute approximate surface area is 101 Å². The lowest BCUT2D eigenvalue weighted by Crippen LogP contribution is -2.24. The number of phenols is 2. The molecule has 0 saturated carbocycles. The topological polar surface area (TPSA) is 52.5 Å². The number of rotatable bonds is 2. The first-order valence-electron chi connectivity index (χ1n) is 5.21. The summed E-state index contributed by atoms with van der Waals surface area (Å²) in [4.78, 5) is 0. The first-order chi connectivity index (χ1) is 7.59. The van der Waals surface area contributed by atoms with Gasteiger partial charge in [-0.15, -0.1) is 0 Å². The van der Waals surface area contributed by atoms with E-state index in [9.17, 15) is 14.6 Å². The van der Waals surface area contributed by atoms with Crippen molar-refractivity contribution in [1.82, 2.24) is 5.32 Å². The Morgan fingerprint density at radius 3 is 2.88 bits per heavy atom. The number of nitrogens with one attached hydrogen (secondary N) is 1. The summed E-state index contributed by atoms with van der Waals surface area (Å²) in [6, 6.07) is 1.19. The van der Waals surface area contributed by atoms with Gasteiger partial charge in [-0.05, 0) is 41.7 Å². The molecule has 3 N–H and O–H groups in total. The van der Waals surface area contributed by atoms with Crippen LogP contribution in [-0.4, -0.2) is 22.8 Å². The molecule has 0 radical (unpaired) electrons. The minimum atomic E-state index is -0.490. The molecule has 1 aliphatic heterocycles. The van der Waals surface area contributed by atoms with Crippen LogP contribution in [0, 0.1) is 5.82 Å². The van der Waals surface area contributed by atoms with E-state index in [1.807, 2.05) is 0 Å². The van der Waals surface area contributed by atoms with E-state index in [2.05, 4.69) is 21.2 Å². The fraction of sp³-hybridized carbons (Fsp3) is 0.455. The van der Waals surface area contributed by atoms with E-state index < -0.39 is 11.6 Å². The minimum Gasteiger partial charge on any atom is -0.504 e. The Bertz CT molecular complexity index is 405. The van der Waals surface area contributed by atoms with Gasteiger partial charge in [0.25, 0.3) is 0 Å². The summed E-state index contributed by atoms with van der Waals surface area (Å²) in [5, 5.41) is 22.0. The molecule has 5 heteroatoms. The van der Waals surface area contributed by atoms with Gasteiger partial charge in [0.05, 0.1) is 4.47 Å². The standard InChI is InChI=1S/C11H13BrFNO2/c12-10-7(4-6-2-1-3-14-6)8(13)5-9(15)11(10)16/h5-6,14-16H,1-4H2. The predicted molar refractivity (Wildman–Crippen MR) is 62.2 cm³/mol. The van der Waals surface area contributed by atoms with Gasteiger partial charge in [-0.25, -0.2) is 4.39 Å². The summed E-state index contributed by atoms with van der Waals surface area (Å²) in [7, 11) is 0. The van der Waals surface area contributed by atoms with Gasteiger partial charge < -0.3 is 15.5 Å². The molecule has 1 saturated heterocycles. The maximum absolute atomic E-state index is 13.6. The van der Waals surface area contributed by atoms with Crippen molar-refractivity contribution >= 4 is 15.9 Å². The number of hydrogen-bond donors (Lipinski definition) is 3.